The third-order valence-corrected chi connectivity index (χ3v) is 6.42. The molecule has 0 aromatic heterocycles. The SMILES string of the molecule is CC(=O)c1ccc(OCCCC(=O)NCC2(c3ccc4c(c3)OCCO4)CCCC2)cc1. The van der Waals surface area contributed by atoms with Crippen LogP contribution in [-0.4, -0.2) is 38.1 Å². The number of fused-ring (bicyclic) bond motifs is 1. The number of hydrogen-bond donors (Lipinski definition) is 1. The molecule has 1 amide bonds. The Kier molecular flexibility index (Phi) is 6.98. The van der Waals surface area contributed by atoms with Crippen LogP contribution < -0.4 is 19.5 Å². The van der Waals surface area contributed by atoms with Crippen molar-refractivity contribution >= 4 is 11.7 Å². The van der Waals surface area contributed by atoms with E-state index in [1.165, 1.54) is 25.3 Å². The third-order valence-electron chi connectivity index (χ3n) is 6.42. The van der Waals surface area contributed by atoms with Crippen LogP contribution in [0.15, 0.2) is 42.5 Å². The molecule has 0 radical (unpaired) electrons. The normalized spacial score (nSPS) is 16.4. The molecule has 2 aromatic carbocycles. The van der Waals surface area contributed by atoms with Gasteiger partial charge in [-0.1, -0.05) is 18.9 Å². The van der Waals surface area contributed by atoms with E-state index in [4.69, 9.17) is 14.2 Å². The Morgan fingerprint density at radius 2 is 1.72 bits per heavy atom. The van der Waals surface area contributed by atoms with E-state index in [9.17, 15) is 9.59 Å². The molecule has 6 heteroatoms. The highest BCUT2D eigenvalue weighted by Crippen LogP contribution is 2.43. The average molecular weight is 438 g/mol. The molecule has 0 bridgehead atoms. The maximum atomic E-state index is 12.5. The number of ether oxygens (including phenoxy) is 3. The Labute approximate surface area is 189 Å². The molecule has 1 fully saturated rings. The van der Waals surface area contributed by atoms with Crippen LogP contribution in [0.2, 0.25) is 0 Å². The highest BCUT2D eigenvalue weighted by Gasteiger charge is 2.36. The fraction of sp³-hybridized carbons (Fsp3) is 0.462. The lowest BCUT2D eigenvalue weighted by atomic mass is 9.78. The van der Waals surface area contributed by atoms with Gasteiger partial charge >= 0.3 is 0 Å². The zero-order chi connectivity index (χ0) is 22.4. The minimum Gasteiger partial charge on any atom is -0.494 e. The minimum absolute atomic E-state index is 0.0319. The molecule has 1 N–H and O–H groups in total. The van der Waals surface area contributed by atoms with E-state index in [2.05, 4.69) is 17.4 Å². The molecule has 6 nitrogen and oxygen atoms in total. The van der Waals surface area contributed by atoms with Crippen LogP contribution in [0, 0.1) is 0 Å². The summed E-state index contributed by atoms with van der Waals surface area (Å²) < 4.78 is 17.1. The summed E-state index contributed by atoms with van der Waals surface area (Å²) in [7, 11) is 0. The van der Waals surface area contributed by atoms with E-state index < -0.39 is 0 Å². The van der Waals surface area contributed by atoms with Crippen molar-refractivity contribution in [3.63, 3.8) is 0 Å². The van der Waals surface area contributed by atoms with E-state index in [-0.39, 0.29) is 17.1 Å². The largest absolute Gasteiger partial charge is 0.494 e. The fourth-order valence-corrected chi connectivity index (χ4v) is 4.56. The van der Waals surface area contributed by atoms with Crippen LogP contribution in [0.25, 0.3) is 0 Å². The van der Waals surface area contributed by atoms with Crippen molar-refractivity contribution in [2.45, 2.75) is 50.9 Å². The van der Waals surface area contributed by atoms with Gasteiger partial charge in [0.1, 0.15) is 19.0 Å². The summed E-state index contributed by atoms with van der Waals surface area (Å²) in [5, 5.41) is 3.16. The molecule has 0 unspecified atom stereocenters. The van der Waals surface area contributed by atoms with Gasteiger partial charge in [0.15, 0.2) is 17.3 Å². The van der Waals surface area contributed by atoms with Crippen molar-refractivity contribution in [2.75, 3.05) is 26.4 Å². The molecule has 32 heavy (non-hydrogen) atoms. The first-order chi connectivity index (χ1) is 15.6. The van der Waals surface area contributed by atoms with E-state index in [1.807, 2.05) is 6.07 Å². The Morgan fingerprint density at radius 1 is 1.00 bits per heavy atom. The van der Waals surface area contributed by atoms with Crippen LogP contribution in [0.4, 0.5) is 0 Å². The average Bonchev–Trinajstić information content (AvgIpc) is 3.31. The van der Waals surface area contributed by atoms with Crippen molar-refractivity contribution in [1.82, 2.24) is 5.32 Å². The van der Waals surface area contributed by atoms with Gasteiger partial charge in [-0.3, -0.25) is 9.59 Å². The van der Waals surface area contributed by atoms with Gasteiger partial charge in [-0.25, -0.2) is 0 Å². The van der Waals surface area contributed by atoms with Crippen molar-refractivity contribution in [3.8, 4) is 17.2 Å². The maximum absolute atomic E-state index is 12.5. The molecule has 0 atom stereocenters. The second-order valence-corrected chi connectivity index (χ2v) is 8.66. The molecular formula is C26H31NO5. The van der Waals surface area contributed by atoms with E-state index in [1.54, 1.807) is 24.3 Å². The third kappa shape index (κ3) is 5.23. The number of amides is 1. The smallest absolute Gasteiger partial charge is 0.220 e. The number of rotatable bonds is 9. The van der Waals surface area contributed by atoms with Crippen LogP contribution in [0.1, 0.15) is 61.4 Å². The van der Waals surface area contributed by atoms with Gasteiger partial charge in [0.05, 0.1) is 6.61 Å². The van der Waals surface area contributed by atoms with Crippen LogP contribution >= 0.6 is 0 Å². The Bertz CT molecular complexity index is 947. The molecular weight excluding hydrogens is 406 g/mol. The van der Waals surface area contributed by atoms with E-state index >= 15 is 0 Å². The first-order valence-corrected chi connectivity index (χ1v) is 11.5. The zero-order valence-corrected chi connectivity index (χ0v) is 18.7. The molecule has 1 saturated carbocycles. The van der Waals surface area contributed by atoms with Crippen molar-refractivity contribution < 1.29 is 23.8 Å². The number of nitrogens with one attached hydrogen (secondary N) is 1. The van der Waals surface area contributed by atoms with Crippen molar-refractivity contribution in [3.05, 3.63) is 53.6 Å². The summed E-state index contributed by atoms with van der Waals surface area (Å²) in [4.78, 5) is 23.8. The predicted molar refractivity (Wildman–Crippen MR) is 122 cm³/mol. The zero-order valence-electron chi connectivity index (χ0n) is 18.7. The van der Waals surface area contributed by atoms with Gasteiger partial charge in [0.2, 0.25) is 5.91 Å². The quantitative estimate of drug-likeness (QED) is 0.464. The van der Waals surface area contributed by atoms with Crippen molar-refractivity contribution in [1.29, 1.82) is 0 Å². The van der Waals surface area contributed by atoms with E-state index in [0.29, 0.717) is 50.5 Å². The number of benzene rings is 2. The molecule has 1 aliphatic carbocycles. The summed E-state index contributed by atoms with van der Waals surface area (Å²) in [6.07, 6.45) is 5.51. The summed E-state index contributed by atoms with van der Waals surface area (Å²) >= 11 is 0. The highest BCUT2D eigenvalue weighted by molar-refractivity contribution is 5.94. The first-order valence-electron chi connectivity index (χ1n) is 11.5. The second kappa shape index (κ2) is 10.1. The van der Waals surface area contributed by atoms with Gasteiger partial charge in [-0.05, 0) is 68.1 Å². The van der Waals surface area contributed by atoms with Crippen molar-refractivity contribution in [2.24, 2.45) is 0 Å². The van der Waals surface area contributed by atoms with Gasteiger partial charge in [-0.15, -0.1) is 0 Å². The summed E-state index contributed by atoms with van der Waals surface area (Å²) in [6.45, 7) is 3.79. The molecule has 0 spiro atoms. The lowest BCUT2D eigenvalue weighted by Gasteiger charge is -2.31. The van der Waals surface area contributed by atoms with E-state index in [0.717, 1.165) is 24.3 Å². The number of carbonyl (C=O) groups is 2. The van der Waals surface area contributed by atoms with Crippen LogP contribution in [0.3, 0.4) is 0 Å². The Balaban J connectivity index is 1.26. The van der Waals surface area contributed by atoms with Crippen LogP contribution in [-0.2, 0) is 10.2 Å². The lowest BCUT2D eigenvalue weighted by molar-refractivity contribution is -0.121. The summed E-state index contributed by atoms with van der Waals surface area (Å²) in [5.41, 5.74) is 1.84. The Morgan fingerprint density at radius 3 is 2.44 bits per heavy atom. The lowest BCUT2D eigenvalue weighted by Crippen LogP contribution is -2.39. The summed E-state index contributed by atoms with van der Waals surface area (Å²) in [6, 6.07) is 13.3. The molecule has 1 aliphatic heterocycles. The standard InChI is InChI=1S/C26H31NO5/c1-19(28)20-6-9-22(10-7-20)30-14-4-5-25(29)27-18-26(12-2-3-13-26)21-8-11-23-24(17-21)32-16-15-31-23/h6-11,17H,2-5,12-16,18H2,1H3,(H,27,29). The number of Topliss-reactive ketones (excluding diaryl/α,β-unsaturated/α-hetero) is 1. The molecule has 4 rings (SSSR count). The number of ketones is 1. The predicted octanol–water partition coefficient (Wildman–Crippen LogP) is 4.45. The Hall–Kier alpha value is -3.02. The first kappa shape index (κ1) is 22.2. The van der Waals surface area contributed by atoms with Gasteiger partial charge < -0.3 is 19.5 Å². The van der Waals surface area contributed by atoms with Crippen LogP contribution in [0.5, 0.6) is 17.2 Å². The molecule has 2 aliphatic rings. The summed E-state index contributed by atoms with van der Waals surface area (Å²) in [5.74, 6) is 2.39. The monoisotopic (exact) mass is 437 g/mol. The van der Waals surface area contributed by atoms with Gasteiger partial charge in [0, 0.05) is 23.9 Å². The van der Waals surface area contributed by atoms with Gasteiger partial charge in [-0.2, -0.15) is 0 Å². The number of hydrogen-bond acceptors (Lipinski definition) is 5. The maximum Gasteiger partial charge on any atom is 0.220 e. The minimum atomic E-state index is -0.0412. The molecule has 2 aromatic rings. The fourth-order valence-electron chi connectivity index (χ4n) is 4.56. The molecule has 0 saturated heterocycles. The number of carbonyl (C=O) groups excluding carboxylic acids is 2. The molecule has 170 valence electrons. The van der Waals surface area contributed by atoms with Gasteiger partial charge in [0.25, 0.3) is 0 Å². The highest BCUT2D eigenvalue weighted by atomic mass is 16.6. The second-order valence-electron chi connectivity index (χ2n) is 8.66. The topological polar surface area (TPSA) is 73.9 Å². The molecule has 1 heterocycles.